The average Bonchev–Trinajstić information content (AvgIpc) is 2.15. The molecule has 0 bridgehead atoms. The minimum absolute atomic E-state index is 0.0212. The van der Waals surface area contributed by atoms with Gasteiger partial charge in [0.1, 0.15) is 0 Å². The summed E-state index contributed by atoms with van der Waals surface area (Å²) >= 11 is 0. The molecule has 0 spiro atoms. The summed E-state index contributed by atoms with van der Waals surface area (Å²) in [5, 5.41) is 11.2. The predicted molar refractivity (Wildman–Crippen MR) is 51.2 cm³/mol. The van der Waals surface area contributed by atoms with Gasteiger partial charge >= 0.3 is 0 Å². The van der Waals surface area contributed by atoms with Crippen molar-refractivity contribution in [3.63, 3.8) is 0 Å². The van der Waals surface area contributed by atoms with Gasteiger partial charge in [0.2, 0.25) is 5.91 Å². The number of aliphatic hydroxyl groups excluding tert-OH is 1. The van der Waals surface area contributed by atoms with E-state index in [4.69, 9.17) is 5.11 Å². The number of rotatable bonds is 3. The molecule has 74 valence electrons. The maximum atomic E-state index is 11.4. The zero-order valence-corrected chi connectivity index (χ0v) is 8.05. The first-order chi connectivity index (χ1) is 6.24. The Morgan fingerprint density at radius 1 is 1.77 bits per heavy atom. The van der Waals surface area contributed by atoms with E-state index in [0.717, 1.165) is 19.3 Å². The predicted octanol–water partition coefficient (Wildman–Crippen LogP) is 0.841. The number of nitrogens with one attached hydrogen (secondary N) is 1. The molecule has 0 fully saturated rings. The van der Waals surface area contributed by atoms with Crippen molar-refractivity contribution < 1.29 is 9.90 Å². The van der Waals surface area contributed by atoms with Crippen LogP contribution in [-0.4, -0.2) is 24.2 Å². The van der Waals surface area contributed by atoms with Gasteiger partial charge < -0.3 is 10.4 Å². The van der Waals surface area contributed by atoms with Gasteiger partial charge in [0.25, 0.3) is 0 Å². The highest BCUT2D eigenvalue weighted by molar-refractivity contribution is 5.79. The van der Waals surface area contributed by atoms with Gasteiger partial charge in [0.05, 0.1) is 6.61 Å². The molecule has 1 unspecified atom stereocenters. The van der Waals surface area contributed by atoms with Crippen LogP contribution in [0.3, 0.4) is 0 Å². The van der Waals surface area contributed by atoms with E-state index in [2.05, 4.69) is 18.3 Å². The zero-order valence-electron chi connectivity index (χ0n) is 8.05. The Labute approximate surface area is 78.8 Å². The van der Waals surface area contributed by atoms with Crippen molar-refractivity contribution in [3.8, 4) is 0 Å². The number of hydrogen-bond acceptors (Lipinski definition) is 2. The van der Waals surface area contributed by atoms with Crippen LogP contribution in [0.15, 0.2) is 11.6 Å². The first kappa shape index (κ1) is 10.3. The second kappa shape index (κ2) is 5.02. The highest BCUT2D eigenvalue weighted by Crippen LogP contribution is 2.22. The molecule has 3 heteroatoms. The molecule has 2 N–H and O–H groups in total. The van der Waals surface area contributed by atoms with Gasteiger partial charge in [-0.15, -0.1) is 0 Å². The molecular weight excluding hydrogens is 166 g/mol. The number of amides is 1. The van der Waals surface area contributed by atoms with Crippen molar-refractivity contribution >= 4 is 5.91 Å². The molecule has 0 aromatic rings. The van der Waals surface area contributed by atoms with Crippen molar-refractivity contribution in [3.05, 3.63) is 11.6 Å². The van der Waals surface area contributed by atoms with Crippen LogP contribution in [0, 0.1) is 5.92 Å². The third-order valence-electron chi connectivity index (χ3n) is 2.42. The molecular formula is C10H17NO2. The van der Waals surface area contributed by atoms with Crippen molar-refractivity contribution in [1.29, 1.82) is 0 Å². The van der Waals surface area contributed by atoms with Crippen molar-refractivity contribution in [2.45, 2.75) is 26.2 Å². The standard InChI is InChI=1S/C10H17NO2/c1-8-2-4-9(5-3-8)10(13)11-6-7-12/h2,9,12H,3-7H2,1H3,(H,11,13). The Bertz CT molecular complexity index is 211. The molecule has 13 heavy (non-hydrogen) atoms. The molecule has 1 amide bonds. The van der Waals surface area contributed by atoms with Crippen LogP contribution in [-0.2, 0) is 4.79 Å². The lowest BCUT2D eigenvalue weighted by Gasteiger charge is -2.19. The maximum Gasteiger partial charge on any atom is 0.223 e. The van der Waals surface area contributed by atoms with Crippen LogP contribution in [0.5, 0.6) is 0 Å². The molecule has 1 aliphatic carbocycles. The number of aliphatic hydroxyl groups is 1. The summed E-state index contributed by atoms with van der Waals surface area (Å²) in [6.07, 6.45) is 4.95. The molecule has 1 atom stereocenters. The molecule has 0 saturated heterocycles. The first-order valence-electron chi connectivity index (χ1n) is 4.78. The van der Waals surface area contributed by atoms with Crippen LogP contribution in [0.1, 0.15) is 26.2 Å². The lowest BCUT2D eigenvalue weighted by molar-refractivity contribution is -0.125. The van der Waals surface area contributed by atoms with Crippen LogP contribution >= 0.6 is 0 Å². The fraction of sp³-hybridized carbons (Fsp3) is 0.700. The Balaban J connectivity index is 2.32. The lowest BCUT2D eigenvalue weighted by atomic mass is 9.90. The average molecular weight is 183 g/mol. The van der Waals surface area contributed by atoms with E-state index in [9.17, 15) is 4.79 Å². The Kier molecular flexibility index (Phi) is 3.96. The monoisotopic (exact) mass is 183 g/mol. The third kappa shape index (κ3) is 3.19. The molecule has 0 aliphatic heterocycles. The van der Waals surface area contributed by atoms with Crippen LogP contribution in [0.25, 0.3) is 0 Å². The van der Waals surface area contributed by atoms with Crippen molar-refractivity contribution in [1.82, 2.24) is 5.32 Å². The molecule has 1 aliphatic rings. The van der Waals surface area contributed by atoms with E-state index in [1.807, 2.05) is 0 Å². The topological polar surface area (TPSA) is 49.3 Å². The number of carbonyl (C=O) groups excluding carboxylic acids is 1. The molecule has 0 aromatic carbocycles. The highest BCUT2D eigenvalue weighted by Gasteiger charge is 2.19. The summed E-state index contributed by atoms with van der Waals surface area (Å²) in [7, 11) is 0. The fourth-order valence-electron chi connectivity index (χ4n) is 1.53. The van der Waals surface area contributed by atoms with Crippen LogP contribution in [0.2, 0.25) is 0 Å². The maximum absolute atomic E-state index is 11.4. The summed E-state index contributed by atoms with van der Waals surface area (Å²) in [6.45, 7) is 2.49. The zero-order chi connectivity index (χ0) is 9.68. The Morgan fingerprint density at radius 3 is 3.08 bits per heavy atom. The van der Waals surface area contributed by atoms with E-state index in [1.54, 1.807) is 0 Å². The van der Waals surface area contributed by atoms with Crippen molar-refractivity contribution in [2.75, 3.05) is 13.2 Å². The fourth-order valence-corrected chi connectivity index (χ4v) is 1.53. The number of carbonyl (C=O) groups is 1. The van der Waals surface area contributed by atoms with Gasteiger partial charge in [-0.2, -0.15) is 0 Å². The molecule has 0 radical (unpaired) electrons. The van der Waals surface area contributed by atoms with Crippen molar-refractivity contribution in [2.24, 2.45) is 5.92 Å². The summed E-state index contributed by atoms with van der Waals surface area (Å²) in [4.78, 5) is 11.4. The summed E-state index contributed by atoms with van der Waals surface area (Å²) in [5.74, 6) is 0.202. The second-order valence-corrected chi connectivity index (χ2v) is 3.54. The Hall–Kier alpha value is -0.830. The van der Waals surface area contributed by atoms with E-state index >= 15 is 0 Å². The summed E-state index contributed by atoms with van der Waals surface area (Å²) in [5.41, 5.74) is 1.38. The molecule has 0 heterocycles. The van der Waals surface area contributed by atoms with E-state index in [1.165, 1.54) is 5.57 Å². The number of hydrogen-bond donors (Lipinski definition) is 2. The van der Waals surface area contributed by atoms with Crippen LogP contribution < -0.4 is 5.32 Å². The first-order valence-corrected chi connectivity index (χ1v) is 4.78. The summed E-state index contributed by atoms with van der Waals surface area (Å²) < 4.78 is 0. The second-order valence-electron chi connectivity index (χ2n) is 3.54. The van der Waals surface area contributed by atoms with E-state index < -0.39 is 0 Å². The largest absolute Gasteiger partial charge is 0.395 e. The summed E-state index contributed by atoms with van der Waals surface area (Å²) in [6, 6.07) is 0. The van der Waals surface area contributed by atoms with E-state index in [-0.39, 0.29) is 18.4 Å². The molecule has 1 rings (SSSR count). The minimum Gasteiger partial charge on any atom is -0.395 e. The van der Waals surface area contributed by atoms with E-state index in [0.29, 0.717) is 6.54 Å². The minimum atomic E-state index is 0.0212. The molecule has 0 saturated carbocycles. The highest BCUT2D eigenvalue weighted by atomic mass is 16.3. The number of allylic oxidation sites excluding steroid dienone is 2. The van der Waals surface area contributed by atoms with Gasteiger partial charge in [0, 0.05) is 12.5 Å². The normalized spacial score (nSPS) is 22.3. The van der Waals surface area contributed by atoms with Gasteiger partial charge in [0.15, 0.2) is 0 Å². The van der Waals surface area contributed by atoms with Gasteiger partial charge in [-0.1, -0.05) is 11.6 Å². The third-order valence-corrected chi connectivity index (χ3v) is 2.42. The SMILES string of the molecule is CC1=CCC(C(=O)NCCO)CC1. The Morgan fingerprint density at radius 2 is 2.54 bits per heavy atom. The van der Waals surface area contributed by atoms with Gasteiger partial charge in [-0.05, 0) is 26.2 Å². The van der Waals surface area contributed by atoms with Gasteiger partial charge in [-0.3, -0.25) is 4.79 Å². The quantitative estimate of drug-likeness (QED) is 0.637. The molecule has 3 nitrogen and oxygen atoms in total. The smallest absolute Gasteiger partial charge is 0.223 e. The molecule has 0 aromatic heterocycles. The van der Waals surface area contributed by atoms with Crippen LogP contribution in [0.4, 0.5) is 0 Å². The van der Waals surface area contributed by atoms with Gasteiger partial charge in [-0.25, -0.2) is 0 Å². The lowest BCUT2D eigenvalue weighted by Crippen LogP contribution is -2.33.